The van der Waals surface area contributed by atoms with Crippen molar-refractivity contribution in [3.63, 3.8) is 0 Å². The highest BCUT2D eigenvalue weighted by Crippen LogP contribution is 2.62. The molecule has 4 aliphatic rings. The Bertz CT molecular complexity index is 265. The van der Waals surface area contributed by atoms with Gasteiger partial charge in [0.2, 0.25) is 0 Å². The topological polar surface area (TPSA) is 61.3 Å². The summed E-state index contributed by atoms with van der Waals surface area (Å²) in [4.78, 5) is 0. The van der Waals surface area contributed by atoms with Gasteiger partial charge >= 0.3 is 0 Å². The Labute approximate surface area is 99.2 Å². The van der Waals surface area contributed by atoms with Crippen LogP contribution in [0.5, 0.6) is 0 Å². The van der Waals surface area contributed by atoms with Crippen molar-refractivity contribution in [3.05, 3.63) is 0 Å². The summed E-state index contributed by atoms with van der Waals surface area (Å²) in [6.07, 6.45) is 8.00. The van der Waals surface area contributed by atoms with Crippen molar-refractivity contribution in [1.29, 1.82) is 0 Å². The lowest BCUT2D eigenvalue weighted by atomic mass is 9.49. The van der Waals surface area contributed by atoms with Crippen LogP contribution in [-0.2, 0) is 4.52 Å². The molecule has 0 aromatic carbocycles. The summed E-state index contributed by atoms with van der Waals surface area (Å²) >= 11 is 0. The van der Waals surface area contributed by atoms with E-state index < -0.39 is 8.45 Å². The molecule has 16 heavy (non-hydrogen) atoms. The van der Waals surface area contributed by atoms with Gasteiger partial charge in [-0.1, -0.05) is 13.3 Å². The van der Waals surface area contributed by atoms with Crippen LogP contribution in [0.25, 0.3) is 0 Å². The zero-order valence-corrected chi connectivity index (χ0v) is 11.0. The van der Waals surface area contributed by atoms with E-state index in [0.717, 1.165) is 23.7 Å². The van der Waals surface area contributed by atoms with Gasteiger partial charge in [-0.15, -0.1) is 0 Å². The molecule has 92 valence electrons. The van der Waals surface area contributed by atoms with Gasteiger partial charge in [0.25, 0.3) is 0 Å². The van der Waals surface area contributed by atoms with E-state index in [1.54, 1.807) is 0 Å². The molecule has 0 heterocycles. The Balaban J connectivity index is 1.88. The molecule has 3 atom stereocenters. The van der Waals surface area contributed by atoms with Crippen molar-refractivity contribution in [2.45, 2.75) is 51.0 Å². The fourth-order valence-electron chi connectivity index (χ4n) is 5.13. The fraction of sp³-hybridized carbons (Fsp3) is 1.00. The summed E-state index contributed by atoms with van der Waals surface area (Å²) in [5, 5.41) is 0. The van der Waals surface area contributed by atoms with E-state index in [-0.39, 0.29) is 5.60 Å². The van der Waals surface area contributed by atoms with Gasteiger partial charge in [-0.25, -0.2) is 0 Å². The van der Waals surface area contributed by atoms with Crippen LogP contribution in [0.2, 0.25) is 0 Å². The van der Waals surface area contributed by atoms with Crippen LogP contribution in [0.15, 0.2) is 0 Å². The van der Waals surface area contributed by atoms with Crippen molar-refractivity contribution in [3.8, 4) is 0 Å². The smallest absolute Gasteiger partial charge is 0.177 e. The normalized spacial score (nSPS) is 50.2. The van der Waals surface area contributed by atoms with Crippen LogP contribution in [0.3, 0.4) is 0 Å². The minimum Gasteiger partial charge on any atom is -0.325 e. The van der Waals surface area contributed by atoms with Gasteiger partial charge in [-0.2, -0.15) is 0 Å². The van der Waals surface area contributed by atoms with Gasteiger partial charge in [0.05, 0.1) is 5.60 Å². The van der Waals surface area contributed by atoms with E-state index in [9.17, 15) is 0 Å². The van der Waals surface area contributed by atoms with Crippen LogP contribution >= 0.6 is 8.45 Å². The molecule has 4 aliphatic carbocycles. The van der Waals surface area contributed by atoms with Gasteiger partial charge in [0, 0.05) is 0 Å². The average Bonchev–Trinajstić information content (AvgIpc) is 2.13. The highest BCUT2D eigenvalue weighted by Gasteiger charge is 2.57. The first-order valence-corrected chi connectivity index (χ1v) is 8.01. The second-order valence-electron chi connectivity index (χ2n) is 6.14. The molecule has 4 fully saturated rings. The monoisotopic (exact) mass is 242 g/mol. The molecule has 4 saturated carbocycles. The van der Waals surface area contributed by atoms with E-state index in [1.807, 2.05) is 0 Å². The van der Waals surface area contributed by atoms with Crippen LogP contribution in [0, 0.1) is 23.7 Å². The first-order valence-electron chi connectivity index (χ1n) is 6.61. The third kappa shape index (κ3) is 1.64. The summed E-state index contributed by atoms with van der Waals surface area (Å²) in [7, 11) is -1.19. The molecule has 3 nitrogen and oxygen atoms in total. The molecule has 0 aliphatic heterocycles. The zero-order chi connectivity index (χ0) is 11.3. The van der Waals surface area contributed by atoms with Crippen LogP contribution in [0.4, 0.5) is 0 Å². The molecular formula is C12H23N2OP. The first kappa shape index (κ1) is 11.4. The van der Waals surface area contributed by atoms with E-state index >= 15 is 0 Å². The Hall–Kier alpha value is 0.310. The first-order chi connectivity index (χ1) is 7.63. The highest BCUT2D eigenvalue weighted by atomic mass is 31.2. The highest BCUT2D eigenvalue weighted by molar-refractivity contribution is 7.47. The minimum absolute atomic E-state index is 0.0682. The predicted molar refractivity (Wildman–Crippen MR) is 66.4 cm³/mol. The minimum atomic E-state index is -1.19. The number of nitrogens with two attached hydrogens (primary N) is 2. The number of hydrogen-bond donors (Lipinski definition) is 2. The molecule has 4 bridgehead atoms. The Morgan fingerprint density at radius 2 is 1.81 bits per heavy atom. The maximum absolute atomic E-state index is 6.07. The molecule has 3 unspecified atom stereocenters. The number of rotatable bonds is 3. The molecule has 0 radical (unpaired) electrons. The Kier molecular flexibility index (Phi) is 2.79. The molecule has 0 amide bonds. The van der Waals surface area contributed by atoms with Gasteiger partial charge in [0.15, 0.2) is 8.45 Å². The van der Waals surface area contributed by atoms with Gasteiger partial charge in [-0.05, 0) is 55.8 Å². The zero-order valence-electron chi connectivity index (χ0n) is 10.1. The van der Waals surface area contributed by atoms with Gasteiger partial charge in [-0.3, -0.25) is 11.0 Å². The quantitative estimate of drug-likeness (QED) is 0.748. The van der Waals surface area contributed by atoms with Crippen molar-refractivity contribution in [2.75, 3.05) is 0 Å². The summed E-state index contributed by atoms with van der Waals surface area (Å²) in [6, 6.07) is 0. The number of hydrogen-bond acceptors (Lipinski definition) is 3. The molecule has 0 aromatic rings. The molecular weight excluding hydrogens is 219 g/mol. The Morgan fingerprint density at radius 1 is 1.19 bits per heavy atom. The SMILES string of the molecule is CCC1C2CC3CC(C2)CC1(OP(N)N)C3. The van der Waals surface area contributed by atoms with Crippen LogP contribution in [0.1, 0.15) is 45.4 Å². The van der Waals surface area contributed by atoms with Gasteiger partial charge < -0.3 is 4.52 Å². The molecule has 0 saturated heterocycles. The van der Waals surface area contributed by atoms with Crippen molar-refractivity contribution in [2.24, 2.45) is 34.7 Å². The maximum atomic E-state index is 6.07. The molecule has 0 aromatic heterocycles. The molecule has 4 N–H and O–H groups in total. The lowest BCUT2D eigenvalue weighted by molar-refractivity contribution is -0.152. The fourth-order valence-corrected chi connectivity index (χ4v) is 5.83. The average molecular weight is 242 g/mol. The molecule has 4 rings (SSSR count). The second-order valence-corrected chi connectivity index (χ2v) is 7.04. The summed E-state index contributed by atoms with van der Waals surface area (Å²) in [6.45, 7) is 2.30. The van der Waals surface area contributed by atoms with E-state index in [1.165, 1.54) is 38.5 Å². The summed E-state index contributed by atoms with van der Waals surface area (Å²) in [5.74, 6) is 3.41. The van der Waals surface area contributed by atoms with E-state index in [0.29, 0.717) is 0 Å². The van der Waals surface area contributed by atoms with Crippen LogP contribution in [-0.4, -0.2) is 5.60 Å². The van der Waals surface area contributed by atoms with Crippen molar-refractivity contribution < 1.29 is 4.52 Å². The summed E-state index contributed by atoms with van der Waals surface area (Å²) < 4.78 is 6.07. The van der Waals surface area contributed by atoms with E-state index in [4.69, 9.17) is 15.5 Å². The van der Waals surface area contributed by atoms with Gasteiger partial charge in [0.1, 0.15) is 0 Å². The third-order valence-electron chi connectivity index (χ3n) is 5.18. The maximum Gasteiger partial charge on any atom is 0.177 e. The largest absolute Gasteiger partial charge is 0.325 e. The van der Waals surface area contributed by atoms with Crippen LogP contribution < -0.4 is 11.0 Å². The van der Waals surface area contributed by atoms with Crippen molar-refractivity contribution in [1.82, 2.24) is 0 Å². The molecule has 0 spiro atoms. The van der Waals surface area contributed by atoms with Crippen molar-refractivity contribution >= 4 is 8.45 Å². The predicted octanol–water partition coefficient (Wildman–Crippen LogP) is 2.75. The summed E-state index contributed by atoms with van der Waals surface area (Å²) in [5.41, 5.74) is 11.6. The second kappa shape index (κ2) is 3.91. The lowest BCUT2D eigenvalue weighted by Crippen LogP contribution is -2.58. The lowest BCUT2D eigenvalue weighted by Gasteiger charge is -2.60. The molecule has 4 heteroatoms. The Morgan fingerprint density at radius 3 is 2.31 bits per heavy atom. The third-order valence-corrected chi connectivity index (χ3v) is 5.75. The van der Waals surface area contributed by atoms with E-state index in [2.05, 4.69) is 6.92 Å². The standard InChI is InChI=1S/C12H23N2OP/c1-2-11-10-4-8-3-9(5-10)7-12(11,6-8)15-16(13)14/h8-11H,2-7,13-14H2,1H3.